The van der Waals surface area contributed by atoms with Crippen LogP contribution in [0.1, 0.15) is 42.4 Å². The number of fused-ring (bicyclic) bond motifs is 1. The van der Waals surface area contributed by atoms with Crippen LogP contribution in [0.15, 0.2) is 42.7 Å². The van der Waals surface area contributed by atoms with Crippen molar-refractivity contribution in [2.45, 2.75) is 57.1 Å². The second kappa shape index (κ2) is 9.80. The van der Waals surface area contributed by atoms with Crippen molar-refractivity contribution in [2.24, 2.45) is 13.0 Å². The van der Waals surface area contributed by atoms with E-state index in [0.717, 1.165) is 51.2 Å². The fraction of sp³-hybridized carbons (Fsp3) is 0.593. The average Bonchev–Trinajstić information content (AvgIpc) is 3.55. The zero-order valence-electron chi connectivity index (χ0n) is 19.4. The highest BCUT2D eigenvalue weighted by molar-refractivity contribution is 5.78. The molecule has 2 fully saturated rings. The lowest BCUT2D eigenvalue weighted by molar-refractivity contribution is -0.133. The second-order valence-corrected chi connectivity index (χ2v) is 10.1. The predicted molar refractivity (Wildman–Crippen MR) is 127 cm³/mol. The first-order chi connectivity index (χ1) is 15.6. The van der Waals surface area contributed by atoms with Crippen molar-refractivity contribution >= 4 is 5.91 Å². The number of likely N-dealkylation sites (tertiary alicyclic amines) is 1. The molecular weight excluding hydrogens is 398 g/mol. The number of rotatable bonds is 7. The van der Waals surface area contributed by atoms with Gasteiger partial charge in [-0.15, -0.1) is 0 Å². The molecule has 1 amide bonds. The number of ether oxygens (including phenoxy) is 1. The van der Waals surface area contributed by atoms with E-state index in [4.69, 9.17) is 4.74 Å². The minimum atomic E-state index is 0.215. The Morgan fingerprint density at radius 3 is 2.44 bits per heavy atom. The summed E-state index contributed by atoms with van der Waals surface area (Å²) in [6.07, 6.45) is 11.7. The molecule has 0 saturated carbocycles. The molecule has 5 rings (SSSR count). The van der Waals surface area contributed by atoms with Crippen LogP contribution in [0.4, 0.5) is 0 Å². The van der Waals surface area contributed by atoms with E-state index in [-0.39, 0.29) is 12.0 Å². The number of piperidine rings is 1. The van der Waals surface area contributed by atoms with Gasteiger partial charge in [0.1, 0.15) is 0 Å². The summed E-state index contributed by atoms with van der Waals surface area (Å²) in [7, 11) is 2.01. The first kappa shape index (κ1) is 21.7. The van der Waals surface area contributed by atoms with Gasteiger partial charge in [-0.1, -0.05) is 24.3 Å². The van der Waals surface area contributed by atoms with Crippen LogP contribution in [0.2, 0.25) is 0 Å². The monoisotopic (exact) mass is 435 g/mol. The summed E-state index contributed by atoms with van der Waals surface area (Å²) >= 11 is 0. The van der Waals surface area contributed by atoms with E-state index in [1.807, 2.05) is 17.8 Å². The van der Waals surface area contributed by atoms with Crippen LogP contribution in [-0.4, -0.2) is 65.2 Å². The summed E-state index contributed by atoms with van der Waals surface area (Å²) in [5.41, 5.74) is 4.17. The van der Waals surface area contributed by atoms with Crippen molar-refractivity contribution in [1.82, 2.24) is 14.4 Å². The average molecular weight is 436 g/mol. The van der Waals surface area contributed by atoms with Crippen LogP contribution in [0.5, 0.6) is 0 Å². The Morgan fingerprint density at radius 1 is 1.06 bits per heavy atom. The summed E-state index contributed by atoms with van der Waals surface area (Å²) in [5, 5.41) is 0. The lowest BCUT2D eigenvalue weighted by atomic mass is 9.94. The zero-order chi connectivity index (χ0) is 21.9. The Bertz CT molecular complexity index is 884. The fourth-order valence-electron chi connectivity index (χ4n) is 5.87. The topological polar surface area (TPSA) is 37.7 Å². The molecule has 3 heterocycles. The van der Waals surface area contributed by atoms with Crippen LogP contribution in [0.25, 0.3) is 0 Å². The third kappa shape index (κ3) is 5.10. The van der Waals surface area contributed by atoms with E-state index in [2.05, 4.69) is 46.3 Å². The standard InChI is InChI=1S/C27H37N3O2/c1-28-11-8-22(18-28)15-27(31)30(20-26-7-4-14-32-26)19-21-9-12-29(13-10-21)25-16-23-5-2-3-6-24(23)17-25/h2-3,5-6,8,11,18,21,25-26H,4,7,9-10,12-17,19-20H2,1H3. The van der Waals surface area contributed by atoms with Crippen molar-refractivity contribution in [3.05, 3.63) is 59.4 Å². The molecule has 0 spiro atoms. The maximum Gasteiger partial charge on any atom is 0.227 e. The Morgan fingerprint density at radius 2 is 1.81 bits per heavy atom. The van der Waals surface area contributed by atoms with Crippen LogP contribution in [0, 0.1) is 5.92 Å². The third-order valence-electron chi connectivity index (χ3n) is 7.72. The van der Waals surface area contributed by atoms with Gasteiger partial charge in [0.05, 0.1) is 12.5 Å². The largest absolute Gasteiger partial charge is 0.376 e. The van der Waals surface area contributed by atoms with Gasteiger partial charge in [-0.05, 0) is 80.3 Å². The number of hydrogen-bond acceptors (Lipinski definition) is 3. The zero-order valence-corrected chi connectivity index (χ0v) is 19.4. The van der Waals surface area contributed by atoms with Gasteiger partial charge >= 0.3 is 0 Å². The van der Waals surface area contributed by atoms with Gasteiger partial charge in [0.2, 0.25) is 5.91 Å². The normalized spacial score (nSPS) is 22.3. The highest BCUT2D eigenvalue weighted by Gasteiger charge is 2.31. The quantitative estimate of drug-likeness (QED) is 0.669. The van der Waals surface area contributed by atoms with Crippen LogP contribution in [-0.2, 0) is 35.8 Å². The van der Waals surface area contributed by atoms with Gasteiger partial charge in [-0.3, -0.25) is 9.69 Å². The van der Waals surface area contributed by atoms with Crippen molar-refractivity contribution in [3.63, 3.8) is 0 Å². The third-order valence-corrected chi connectivity index (χ3v) is 7.72. The smallest absolute Gasteiger partial charge is 0.227 e. The van der Waals surface area contributed by atoms with Gasteiger partial charge in [0.25, 0.3) is 0 Å². The van der Waals surface area contributed by atoms with Gasteiger partial charge in [0, 0.05) is 45.2 Å². The maximum atomic E-state index is 13.2. The van der Waals surface area contributed by atoms with Gasteiger partial charge in [-0.25, -0.2) is 0 Å². The molecule has 1 atom stereocenters. The molecule has 3 aliphatic rings. The van der Waals surface area contributed by atoms with Crippen molar-refractivity contribution in [3.8, 4) is 0 Å². The van der Waals surface area contributed by atoms with E-state index in [1.54, 1.807) is 0 Å². The second-order valence-electron chi connectivity index (χ2n) is 10.1. The number of aryl methyl sites for hydroxylation is 1. The molecular formula is C27H37N3O2. The lowest BCUT2D eigenvalue weighted by Crippen LogP contribution is -2.46. The van der Waals surface area contributed by atoms with E-state index < -0.39 is 0 Å². The summed E-state index contributed by atoms with van der Waals surface area (Å²) in [4.78, 5) is 18.1. The number of amides is 1. The Labute approximate surface area is 192 Å². The SMILES string of the molecule is Cn1ccc(CC(=O)N(CC2CCN(C3Cc4ccccc4C3)CC2)CC2CCCO2)c1. The molecule has 5 heteroatoms. The van der Waals surface area contributed by atoms with E-state index in [1.165, 1.54) is 36.8 Å². The number of benzene rings is 1. The molecule has 32 heavy (non-hydrogen) atoms. The van der Waals surface area contributed by atoms with E-state index in [0.29, 0.717) is 18.4 Å². The predicted octanol–water partition coefficient (Wildman–Crippen LogP) is 3.45. The number of carbonyl (C=O) groups is 1. The molecule has 2 saturated heterocycles. The number of nitrogens with zero attached hydrogens (tertiary/aromatic N) is 3. The number of carbonyl (C=O) groups excluding carboxylic acids is 1. The van der Waals surface area contributed by atoms with E-state index >= 15 is 0 Å². The Balaban J connectivity index is 1.16. The fourth-order valence-corrected chi connectivity index (χ4v) is 5.87. The number of aromatic nitrogens is 1. The summed E-state index contributed by atoms with van der Waals surface area (Å²) < 4.78 is 7.90. The van der Waals surface area contributed by atoms with E-state index in [9.17, 15) is 4.79 Å². The molecule has 0 N–H and O–H groups in total. The van der Waals surface area contributed by atoms with Gasteiger partial charge in [-0.2, -0.15) is 0 Å². The summed E-state index contributed by atoms with van der Waals surface area (Å²) in [6, 6.07) is 11.6. The Kier molecular flexibility index (Phi) is 6.65. The van der Waals surface area contributed by atoms with Crippen molar-refractivity contribution < 1.29 is 9.53 Å². The molecule has 1 aromatic carbocycles. The molecule has 2 aliphatic heterocycles. The summed E-state index contributed by atoms with van der Waals surface area (Å²) in [5.74, 6) is 0.844. The van der Waals surface area contributed by atoms with Crippen LogP contribution < -0.4 is 0 Å². The lowest BCUT2D eigenvalue weighted by Gasteiger charge is -2.38. The van der Waals surface area contributed by atoms with Crippen molar-refractivity contribution in [2.75, 3.05) is 32.8 Å². The summed E-state index contributed by atoms with van der Waals surface area (Å²) in [6.45, 7) is 4.79. The molecule has 2 aromatic rings. The minimum absolute atomic E-state index is 0.215. The highest BCUT2D eigenvalue weighted by Crippen LogP contribution is 2.29. The minimum Gasteiger partial charge on any atom is -0.376 e. The van der Waals surface area contributed by atoms with Crippen molar-refractivity contribution in [1.29, 1.82) is 0 Å². The molecule has 1 unspecified atom stereocenters. The van der Waals surface area contributed by atoms with Crippen LogP contribution in [0.3, 0.4) is 0 Å². The van der Waals surface area contributed by atoms with Crippen LogP contribution >= 0.6 is 0 Å². The van der Waals surface area contributed by atoms with Gasteiger partial charge < -0.3 is 14.2 Å². The first-order valence-electron chi connectivity index (χ1n) is 12.4. The maximum absolute atomic E-state index is 13.2. The first-order valence-corrected chi connectivity index (χ1v) is 12.4. The molecule has 0 radical (unpaired) electrons. The molecule has 1 aromatic heterocycles. The number of hydrogen-bond donors (Lipinski definition) is 0. The highest BCUT2D eigenvalue weighted by atomic mass is 16.5. The Hall–Kier alpha value is -2.11. The van der Waals surface area contributed by atoms with Gasteiger partial charge in [0.15, 0.2) is 0 Å². The molecule has 1 aliphatic carbocycles. The molecule has 172 valence electrons. The molecule has 0 bridgehead atoms. The molecule has 5 nitrogen and oxygen atoms in total.